The van der Waals surface area contributed by atoms with E-state index in [1.807, 2.05) is 19.1 Å². The van der Waals surface area contributed by atoms with Gasteiger partial charge in [-0.05, 0) is 42.8 Å². The molecular formula is C19H18ClFN2O4. The first-order valence-corrected chi connectivity index (χ1v) is 8.67. The molecule has 1 unspecified atom stereocenters. The second-order valence-corrected chi connectivity index (χ2v) is 6.78. The Bertz CT molecular complexity index is 854. The van der Waals surface area contributed by atoms with Crippen molar-refractivity contribution in [3.63, 3.8) is 0 Å². The van der Waals surface area contributed by atoms with Crippen LogP contribution in [-0.4, -0.2) is 29.4 Å². The maximum Gasteiger partial charge on any atom is 0.410 e. The number of carbonyl (C=O) groups is 2. The molecule has 0 radical (unpaired) electrons. The lowest BCUT2D eigenvalue weighted by atomic mass is 10.2. The second-order valence-electron chi connectivity index (χ2n) is 6.35. The van der Waals surface area contributed by atoms with E-state index in [-0.39, 0.29) is 24.5 Å². The van der Waals surface area contributed by atoms with Crippen molar-refractivity contribution in [2.75, 3.05) is 11.4 Å². The summed E-state index contributed by atoms with van der Waals surface area (Å²) in [6, 6.07) is 11.0. The highest BCUT2D eigenvalue weighted by Crippen LogP contribution is 2.29. The molecule has 2 amide bonds. The summed E-state index contributed by atoms with van der Waals surface area (Å²) in [6.07, 6.45) is -1.05. The number of nitrogens with zero attached hydrogens (tertiary/aromatic N) is 1. The van der Waals surface area contributed by atoms with E-state index < -0.39 is 23.6 Å². The third-order valence-corrected chi connectivity index (χ3v) is 4.44. The summed E-state index contributed by atoms with van der Waals surface area (Å²) in [5.41, 5.74) is 2.07. The van der Waals surface area contributed by atoms with Crippen molar-refractivity contribution in [1.29, 1.82) is 0 Å². The SMILES string of the molecule is Cc1ccc(N2CCC(O)(OC(=O)NCc3cc(F)cc(Cl)c3)C2=O)cc1. The molecule has 142 valence electrons. The Kier molecular flexibility index (Phi) is 5.34. The first kappa shape index (κ1) is 19.1. The summed E-state index contributed by atoms with van der Waals surface area (Å²) in [6.45, 7) is 2.07. The maximum absolute atomic E-state index is 13.3. The molecule has 0 aromatic heterocycles. The molecule has 0 spiro atoms. The molecule has 6 nitrogen and oxygen atoms in total. The van der Waals surface area contributed by atoms with Crippen LogP contribution in [0.15, 0.2) is 42.5 Å². The van der Waals surface area contributed by atoms with E-state index in [1.54, 1.807) is 12.1 Å². The Morgan fingerprint density at radius 3 is 2.70 bits per heavy atom. The lowest BCUT2D eigenvalue weighted by molar-refractivity contribution is -0.175. The maximum atomic E-state index is 13.3. The molecule has 27 heavy (non-hydrogen) atoms. The predicted octanol–water partition coefficient (Wildman–Crippen LogP) is 3.14. The Morgan fingerprint density at radius 2 is 2.04 bits per heavy atom. The van der Waals surface area contributed by atoms with Crippen LogP contribution >= 0.6 is 11.6 Å². The predicted molar refractivity (Wildman–Crippen MR) is 97.8 cm³/mol. The Morgan fingerprint density at radius 1 is 1.33 bits per heavy atom. The fourth-order valence-electron chi connectivity index (χ4n) is 2.83. The number of hydrogen-bond acceptors (Lipinski definition) is 4. The summed E-state index contributed by atoms with van der Waals surface area (Å²) in [5, 5.41) is 13.0. The van der Waals surface area contributed by atoms with Crippen LogP contribution in [0.5, 0.6) is 0 Å². The number of aryl methyl sites for hydroxylation is 1. The fraction of sp³-hybridized carbons (Fsp3) is 0.263. The lowest BCUT2D eigenvalue weighted by Gasteiger charge is -2.22. The van der Waals surface area contributed by atoms with Crippen LogP contribution in [-0.2, 0) is 16.1 Å². The van der Waals surface area contributed by atoms with Crippen molar-refractivity contribution in [2.45, 2.75) is 25.7 Å². The minimum Gasteiger partial charge on any atom is -0.407 e. The van der Waals surface area contributed by atoms with E-state index in [4.69, 9.17) is 16.3 Å². The lowest BCUT2D eigenvalue weighted by Crippen LogP contribution is -2.46. The largest absolute Gasteiger partial charge is 0.410 e. The zero-order valence-electron chi connectivity index (χ0n) is 14.5. The van der Waals surface area contributed by atoms with Gasteiger partial charge in [0, 0.05) is 30.2 Å². The highest BCUT2D eigenvalue weighted by molar-refractivity contribution is 6.30. The summed E-state index contributed by atoms with van der Waals surface area (Å²) < 4.78 is 18.3. The minimum atomic E-state index is -2.24. The van der Waals surface area contributed by atoms with Gasteiger partial charge >= 0.3 is 6.09 Å². The molecule has 2 N–H and O–H groups in total. The van der Waals surface area contributed by atoms with Gasteiger partial charge in [0.1, 0.15) is 5.82 Å². The van der Waals surface area contributed by atoms with E-state index in [9.17, 15) is 19.1 Å². The number of rotatable bonds is 4. The third kappa shape index (κ3) is 4.37. The molecule has 2 aromatic carbocycles. The van der Waals surface area contributed by atoms with Crippen LogP contribution in [0.4, 0.5) is 14.9 Å². The molecule has 8 heteroatoms. The van der Waals surface area contributed by atoms with Crippen LogP contribution in [0, 0.1) is 12.7 Å². The number of aliphatic hydroxyl groups is 1. The number of amides is 2. The summed E-state index contributed by atoms with van der Waals surface area (Å²) >= 11 is 5.75. The first-order chi connectivity index (χ1) is 12.8. The number of nitrogens with one attached hydrogen (secondary N) is 1. The number of halogens is 2. The topological polar surface area (TPSA) is 78.9 Å². The van der Waals surface area contributed by atoms with Crippen molar-refractivity contribution in [2.24, 2.45) is 0 Å². The van der Waals surface area contributed by atoms with E-state index in [0.29, 0.717) is 11.3 Å². The van der Waals surface area contributed by atoms with Gasteiger partial charge in [-0.3, -0.25) is 4.79 Å². The average molecular weight is 393 g/mol. The van der Waals surface area contributed by atoms with Crippen LogP contribution in [0.2, 0.25) is 5.02 Å². The number of alkyl carbamates (subject to hydrolysis) is 1. The molecule has 1 aliphatic heterocycles. The van der Waals surface area contributed by atoms with E-state index in [1.165, 1.54) is 17.0 Å². The molecule has 3 rings (SSSR count). The number of ether oxygens (including phenoxy) is 1. The van der Waals surface area contributed by atoms with E-state index >= 15 is 0 Å². The molecule has 0 saturated carbocycles. The van der Waals surface area contributed by atoms with Crippen molar-refractivity contribution in [3.05, 3.63) is 64.4 Å². The van der Waals surface area contributed by atoms with Gasteiger partial charge in [-0.25, -0.2) is 9.18 Å². The molecule has 1 heterocycles. The van der Waals surface area contributed by atoms with Gasteiger partial charge in [0.25, 0.3) is 11.7 Å². The van der Waals surface area contributed by atoms with Crippen LogP contribution in [0.25, 0.3) is 0 Å². The van der Waals surface area contributed by atoms with Crippen molar-refractivity contribution >= 4 is 29.3 Å². The average Bonchev–Trinajstić information content (AvgIpc) is 2.88. The highest BCUT2D eigenvalue weighted by atomic mass is 35.5. The molecule has 1 fully saturated rings. The van der Waals surface area contributed by atoms with Gasteiger partial charge in [0.15, 0.2) is 0 Å². The minimum absolute atomic E-state index is 0.0566. The van der Waals surface area contributed by atoms with E-state index in [0.717, 1.165) is 11.6 Å². The number of anilines is 1. The van der Waals surface area contributed by atoms with Crippen molar-refractivity contribution in [3.8, 4) is 0 Å². The number of hydrogen-bond donors (Lipinski definition) is 2. The Hall–Kier alpha value is -2.64. The molecule has 0 bridgehead atoms. The van der Waals surface area contributed by atoms with Crippen LogP contribution < -0.4 is 10.2 Å². The third-order valence-electron chi connectivity index (χ3n) is 4.22. The fourth-order valence-corrected chi connectivity index (χ4v) is 3.07. The molecule has 0 aliphatic carbocycles. The van der Waals surface area contributed by atoms with Gasteiger partial charge in [-0.15, -0.1) is 0 Å². The molecule has 1 saturated heterocycles. The van der Waals surface area contributed by atoms with Crippen LogP contribution in [0.3, 0.4) is 0 Å². The molecule has 1 atom stereocenters. The second kappa shape index (κ2) is 7.54. The Labute approximate surface area is 160 Å². The van der Waals surface area contributed by atoms with Crippen molar-refractivity contribution in [1.82, 2.24) is 5.32 Å². The van der Waals surface area contributed by atoms with Crippen molar-refractivity contribution < 1.29 is 23.8 Å². The van der Waals surface area contributed by atoms with Gasteiger partial charge in [-0.2, -0.15) is 0 Å². The molecule has 2 aromatic rings. The zero-order chi connectivity index (χ0) is 19.6. The van der Waals surface area contributed by atoms with E-state index in [2.05, 4.69) is 5.32 Å². The quantitative estimate of drug-likeness (QED) is 0.783. The Balaban J connectivity index is 1.61. The van der Waals surface area contributed by atoms with Gasteiger partial charge in [0.2, 0.25) is 0 Å². The smallest absolute Gasteiger partial charge is 0.407 e. The van der Waals surface area contributed by atoms with Gasteiger partial charge < -0.3 is 20.1 Å². The monoisotopic (exact) mass is 392 g/mol. The zero-order valence-corrected chi connectivity index (χ0v) is 15.3. The molecular weight excluding hydrogens is 375 g/mol. The van der Waals surface area contributed by atoms with Gasteiger partial charge in [-0.1, -0.05) is 29.3 Å². The summed E-state index contributed by atoms with van der Waals surface area (Å²) in [5.74, 6) is -3.49. The van der Waals surface area contributed by atoms with Gasteiger partial charge in [0.05, 0.1) is 0 Å². The number of carbonyl (C=O) groups excluding carboxylic acids is 2. The first-order valence-electron chi connectivity index (χ1n) is 8.30. The van der Waals surface area contributed by atoms with Crippen LogP contribution in [0.1, 0.15) is 17.5 Å². The normalized spacial score (nSPS) is 19.3. The summed E-state index contributed by atoms with van der Waals surface area (Å²) in [4.78, 5) is 25.9. The molecule has 1 aliphatic rings. The highest BCUT2D eigenvalue weighted by Gasteiger charge is 2.49. The summed E-state index contributed by atoms with van der Waals surface area (Å²) in [7, 11) is 0. The standard InChI is InChI=1S/C19H18ClFN2O4/c1-12-2-4-16(5-3-12)23-7-6-19(26,17(23)24)27-18(25)22-11-13-8-14(20)10-15(21)9-13/h2-5,8-10,26H,6-7,11H2,1H3,(H,22,25). The number of benzene rings is 2.